The van der Waals surface area contributed by atoms with Crippen LogP contribution in [0.25, 0.3) is 0 Å². The standard InChI is InChI=1S/C16H17BrN4O2S/c1-10-9-24-16(19-10)20-14(22)11-2-4-21(5-3-11)15(23)12-6-13(17)8-18-7-12/h6-9,11H,2-5H2,1H3,(H,19,20,22). The van der Waals surface area contributed by atoms with Crippen LogP contribution in [0.1, 0.15) is 28.9 Å². The van der Waals surface area contributed by atoms with Crippen molar-refractivity contribution >= 4 is 44.2 Å². The van der Waals surface area contributed by atoms with Gasteiger partial charge >= 0.3 is 0 Å². The van der Waals surface area contributed by atoms with Gasteiger partial charge in [0.15, 0.2) is 5.13 Å². The number of rotatable bonds is 3. The number of anilines is 1. The highest BCUT2D eigenvalue weighted by atomic mass is 79.9. The van der Waals surface area contributed by atoms with Crippen molar-refractivity contribution in [2.45, 2.75) is 19.8 Å². The average Bonchev–Trinajstić information content (AvgIpc) is 2.99. The van der Waals surface area contributed by atoms with Gasteiger partial charge < -0.3 is 10.2 Å². The van der Waals surface area contributed by atoms with E-state index in [1.54, 1.807) is 23.4 Å². The normalized spacial score (nSPS) is 15.3. The number of amides is 2. The van der Waals surface area contributed by atoms with Gasteiger partial charge in [0.25, 0.3) is 5.91 Å². The van der Waals surface area contributed by atoms with E-state index in [4.69, 9.17) is 0 Å². The number of carbonyl (C=O) groups is 2. The van der Waals surface area contributed by atoms with Gasteiger partial charge in [0.2, 0.25) is 5.91 Å². The largest absolute Gasteiger partial charge is 0.339 e. The van der Waals surface area contributed by atoms with Crippen molar-refractivity contribution in [3.05, 3.63) is 39.6 Å². The van der Waals surface area contributed by atoms with Crippen LogP contribution >= 0.6 is 27.3 Å². The lowest BCUT2D eigenvalue weighted by molar-refractivity contribution is -0.121. The molecule has 2 amide bonds. The van der Waals surface area contributed by atoms with Crippen molar-refractivity contribution in [1.82, 2.24) is 14.9 Å². The molecule has 6 nitrogen and oxygen atoms in total. The number of aryl methyl sites for hydroxylation is 1. The van der Waals surface area contributed by atoms with Gasteiger partial charge in [0.1, 0.15) is 0 Å². The Hall–Kier alpha value is -1.80. The minimum atomic E-state index is -0.0844. The molecule has 0 radical (unpaired) electrons. The first-order valence-electron chi connectivity index (χ1n) is 7.66. The molecule has 126 valence electrons. The molecule has 24 heavy (non-hydrogen) atoms. The van der Waals surface area contributed by atoms with Crippen LogP contribution in [-0.4, -0.2) is 39.8 Å². The third kappa shape index (κ3) is 3.99. The van der Waals surface area contributed by atoms with E-state index in [0.29, 0.717) is 36.6 Å². The van der Waals surface area contributed by atoms with Crippen molar-refractivity contribution in [2.24, 2.45) is 5.92 Å². The van der Waals surface area contributed by atoms with Crippen LogP contribution < -0.4 is 5.32 Å². The Morgan fingerprint density at radius 3 is 2.71 bits per heavy atom. The summed E-state index contributed by atoms with van der Waals surface area (Å²) in [7, 11) is 0. The van der Waals surface area contributed by atoms with Gasteiger partial charge in [0, 0.05) is 41.3 Å². The maximum Gasteiger partial charge on any atom is 0.255 e. The summed E-state index contributed by atoms with van der Waals surface area (Å²) in [5.74, 6) is -0.141. The van der Waals surface area contributed by atoms with Crippen LogP contribution in [0.15, 0.2) is 28.3 Å². The zero-order valence-electron chi connectivity index (χ0n) is 13.2. The van der Waals surface area contributed by atoms with E-state index in [2.05, 4.69) is 31.2 Å². The lowest BCUT2D eigenvalue weighted by Crippen LogP contribution is -2.41. The lowest BCUT2D eigenvalue weighted by atomic mass is 9.95. The fourth-order valence-corrected chi connectivity index (χ4v) is 3.73. The molecule has 0 aromatic carbocycles. The van der Waals surface area contributed by atoms with Crippen molar-refractivity contribution in [1.29, 1.82) is 0 Å². The number of aromatic nitrogens is 2. The van der Waals surface area contributed by atoms with Crippen molar-refractivity contribution in [3.63, 3.8) is 0 Å². The SMILES string of the molecule is Cc1csc(NC(=O)C2CCN(C(=O)c3cncc(Br)c3)CC2)n1. The molecule has 0 atom stereocenters. The summed E-state index contributed by atoms with van der Waals surface area (Å²) in [5.41, 5.74) is 1.46. The molecule has 0 unspecified atom stereocenters. The fourth-order valence-electron chi connectivity index (χ4n) is 2.68. The van der Waals surface area contributed by atoms with Gasteiger partial charge in [-0.1, -0.05) is 0 Å². The molecule has 1 N–H and O–H groups in total. The molecule has 3 heterocycles. The number of hydrogen-bond donors (Lipinski definition) is 1. The first-order valence-corrected chi connectivity index (χ1v) is 9.33. The molecule has 3 rings (SSSR count). The Morgan fingerprint density at radius 1 is 1.33 bits per heavy atom. The van der Waals surface area contributed by atoms with E-state index in [9.17, 15) is 9.59 Å². The number of carbonyl (C=O) groups excluding carboxylic acids is 2. The highest BCUT2D eigenvalue weighted by molar-refractivity contribution is 9.10. The molecule has 1 aliphatic rings. The summed E-state index contributed by atoms with van der Waals surface area (Å²) in [4.78, 5) is 34.8. The molecule has 0 spiro atoms. The second kappa shape index (κ2) is 7.40. The van der Waals surface area contributed by atoms with Crippen LogP contribution in [0.2, 0.25) is 0 Å². The number of pyridine rings is 1. The Morgan fingerprint density at radius 2 is 2.08 bits per heavy atom. The van der Waals surface area contributed by atoms with Gasteiger partial charge in [-0.15, -0.1) is 11.3 Å². The average molecular weight is 409 g/mol. The van der Waals surface area contributed by atoms with Gasteiger partial charge in [-0.25, -0.2) is 4.98 Å². The highest BCUT2D eigenvalue weighted by Crippen LogP contribution is 2.22. The van der Waals surface area contributed by atoms with Gasteiger partial charge in [-0.05, 0) is 41.8 Å². The Balaban J connectivity index is 1.55. The van der Waals surface area contributed by atoms with E-state index in [0.717, 1.165) is 10.2 Å². The predicted octanol–water partition coefficient (Wildman–Crippen LogP) is 3.10. The first-order chi connectivity index (χ1) is 11.5. The summed E-state index contributed by atoms with van der Waals surface area (Å²) >= 11 is 4.75. The minimum Gasteiger partial charge on any atom is -0.339 e. The van der Waals surface area contributed by atoms with Crippen LogP contribution in [0.4, 0.5) is 5.13 Å². The van der Waals surface area contributed by atoms with Gasteiger partial charge in [-0.3, -0.25) is 14.6 Å². The summed E-state index contributed by atoms with van der Waals surface area (Å²) in [6.07, 6.45) is 4.52. The number of nitrogens with one attached hydrogen (secondary N) is 1. The first kappa shape index (κ1) is 17.0. The maximum absolute atomic E-state index is 12.5. The number of hydrogen-bond acceptors (Lipinski definition) is 5. The summed E-state index contributed by atoms with van der Waals surface area (Å²) in [6, 6.07) is 1.76. The molecule has 2 aromatic heterocycles. The van der Waals surface area contributed by atoms with Crippen molar-refractivity contribution < 1.29 is 9.59 Å². The quantitative estimate of drug-likeness (QED) is 0.846. The molecule has 0 bridgehead atoms. The van der Waals surface area contributed by atoms with Crippen LogP contribution in [0.3, 0.4) is 0 Å². The molecule has 8 heteroatoms. The number of nitrogens with zero attached hydrogens (tertiary/aromatic N) is 3. The maximum atomic E-state index is 12.5. The molecular formula is C16H17BrN4O2S. The fraction of sp³-hybridized carbons (Fsp3) is 0.375. The molecule has 1 fully saturated rings. The second-order valence-corrected chi connectivity index (χ2v) is 7.52. The molecule has 1 aliphatic heterocycles. The number of halogens is 1. The van der Waals surface area contributed by atoms with Gasteiger partial charge in [-0.2, -0.15) is 0 Å². The minimum absolute atomic E-state index is 0.0134. The molecule has 2 aromatic rings. The zero-order chi connectivity index (χ0) is 17.1. The van der Waals surface area contributed by atoms with E-state index in [-0.39, 0.29) is 17.7 Å². The van der Waals surface area contributed by atoms with Crippen molar-refractivity contribution in [2.75, 3.05) is 18.4 Å². The Labute approximate surface area is 152 Å². The third-order valence-electron chi connectivity index (χ3n) is 3.95. The molecule has 0 aliphatic carbocycles. The van der Waals surface area contributed by atoms with Crippen LogP contribution in [0, 0.1) is 12.8 Å². The number of piperidine rings is 1. The Kier molecular flexibility index (Phi) is 5.25. The summed E-state index contributed by atoms with van der Waals surface area (Å²) < 4.78 is 0.779. The van der Waals surface area contributed by atoms with E-state index in [1.807, 2.05) is 12.3 Å². The lowest BCUT2D eigenvalue weighted by Gasteiger charge is -2.31. The Bertz CT molecular complexity index is 756. The zero-order valence-corrected chi connectivity index (χ0v) is 15.6. The second-order valence-electron chi connectivity index (χ2n) is 5.74. The molecular weight excluding hydrogens is 392 g/mol. The van der Waals surface area contributed by atoms with E-state index >= 15 is 0 Å². The molecule has 0 saturated carbocycles. The van der Waals surface area contributed by atoms with Crippen LogP contribution in [-0.2, 0) is 4.79 Å². The highest BCUT2D eigenvalue weighted by Gasteiger charge is 2.28. The summed E-state index contributed by atoms with van der Waals surface area (Å²) in [6.45, 7) is 3.04. The van der Waals surface area contributed by atoms with E-state index < -0.39 is 0 Å². The van der Waals surface area contributed by atoms with Crippen LogP contribution in [0.5, 0.6) is 0 Å². The summed E-state index contributed by atoms with van der Waals surface area (Å²) in [5, 5.41) is 5.41. The number of likely N-dealkylation sites (tertiary alicyclic amines) is 1. The smallest absolute Gasteiger partial charge is 0.255 e. The van der Waals surface area contributed by atoms with Gasteiger partial charge in [0.05, 0.1) is 11.3 Å². The monoisotopic (exact) mass is 408 g/mol. The molecule has 1 saturated heterocycles. The topological polar surface area (TPSA) is 75.2 Å². The third-order valence-corrected chi connectivity index (χ3v) is 5.26. The van der Waals surface area contributed by atoms with E-state index in [1.165, 1.54) is 11.3 Å². The van der Waals surface area contributed by atoms with Crippen molar-refractivity contribution in [3.8, 4) is 0 Å². The number of thiazole rings is 1. The predicted molar refractivity (Wildman–Crippen MR) is 96.0 cm³/mol.